The van der Waals surface area contributed by atoms with E-state index in [0.717, 1.165) is 36.8 Å². The fraction of sp³-hybridized carbons (Fsp3) is 0.353. The second-order valence-corrected chi connectivity index (χ2v) is 11.8. The minimum Gasteiger partial charge on any atom is -0.481 e. The number of anilines is 1. The number of nitrogens with zero attached hydrogens (tertiary/aromatic N) is 3. The van der Waals surface area contributed by atoms with Crippen LogP contribution in [0.15, 0.2) is 78.9 Å². The first-order valence-corrected chi connectivity index (χ1v) is 15.4. The first-order chi connectivity index (χ1) is 22.1. The lowest BCUT2D eigenvalue weighted by Gasteiger charge is -2.34. The van der Waals surface area contributed by atoms with Gasteiger partial charge in [0.15, 0.2) is 6.17 Å². The van der Waals surface area contributed by atoms with E-state index in [2.05, 4.69) is 10.6 Å². The quantitative estimate of drug-likeness (QED) is 0.205. The summed E-state index contributed by atoms with van der Waals surface area (Å²) in [4.78, 5) is 67.7. The Hall–Kier alpha value is -5.26. The van der Waals surface area contributed by atoms with Gasteiger partial charge in [0, 0.05) is 30.9 Å². The predicted octanol–water partition coefficient (Wildman–Crippen LogP) is 5.21. The van der Waals surface area contributed by atoms with Crippen LogP contribution in [0.3, 0.4) is 0 Å². The van der Waals surface area contributed by atoms with E-state index in [9.17, 15) is 34.4 Å². The van der Waals surface area contributed by atoms with Crippen LogP contribution in [0.1, 0.15) is 60.8 Å². The van der Waals surface area contributed by atoms with Crippen LogP contribution in [0.4, 0.5) is 16.2 Å². The number of carboxylic acid groups (broad SMARTS) is 1. The summed E-state index contributed by atoms with van der Waals surface area (Å²) < 4.78 is 0. The van der Waals surface area contributed by atoms with E-state index in [4.69, 9.17) is 0 Å². The Balaban J connectivity index is 1.49. The number of nitro groups is 1. The minimum absolute atomic E-state index is 0.0635. The summed E-state index contributed by atoms with van der Waals surface area (Å²) in [6, 6.07) is 20.2. The molecule has 1 aliphatic heterocycles. The Kier molecular flexibility index (Phi) is 9.94. The zero-order chi connectivity index (χ0) is 32.8. The molecule has 0 spiro atoms. The van der Waals surface area contributed by atoms with E-state index in [1.807, 2.05) is 43.3 Å². The molecule has 5 rings (SSSR count). The largest absolute Gasteiger partial charge is 0.481 e. The summed E-state index contributed by atoms with van der Waals surface area (Å²) >= 11 is 0. The maximum Gasteiger partial charge on any atom is 0.323 e. The van der Waals surface area contributed by atoms with Crippen molar-refractivity contribution in [3.05, 3.63) is 106 Å². The van der Waals surface area contributed by atoms with Crippen molar-refractivity contribution in [3.63, 3.8) is 0 Å². The number of carbonyl (C=O) groups excluding carboxylic acids is 3. The molecular weight excluding hydrogens is 590 g/mol. The van der Waals surface area contributed by atoms with Gasteiger partial charge in [0.25, 0.3) is 11.6 Å². The van der Waals surface area contributed by atoms with Gasteiger partial charge in [-0.25, -0.2) is 4.79 Å². The normalized spacial score (nSPS) is 17.7. The molecule has 0 radical (unpaired) electrons. The van der Waals surface area contributed by atoms with Crippen LogP contribution < -0.4 is 10.6 Å². The van der Waals surface area contributed by atoms with Crippen molar-refractivity contribution < 1.29 is 29.2 Å². The van der Waals surface area contributed by atoms with Gasteiger partial charge in [-0.1, -0.05) is 67.4 Å². The van der Waals surface area contributed by atoms with E-state index in [1.54, 1.807) is 18.2 Å². The number of aliphatic carboxylic acids is 1. The molecule has 3 unspecified atom stereocenters. The summed E-state index contributed by atoms with van der Waals surface area (Å²) in [6.45, 7) is 2.04. The highest BCUT2D eigenvalue weighted by Crippen LogP contribution is 2.39. The van der Waals surface area contributed by atoms with Gasteiger partial charge < -0.3 is 20.6 Å². The van der Waals surface area contributed by atoms with Gasteiger partial charge in [0.05, 0.1) is 23.3 Å². The summed E-state index contributed by atoms with van der Waals surface area (Å²) in [7, 11) is 0. The van der Waals surface area contributed by atoms with Crippen molar-refractivity contribution >= 4 is 35.2 Å². The number of non-ortho nitro benzene ring substituents is 1. The lowest BCUT2D eigenvalue weighted by Crippen LogP contribution is -2.56. The number of nitro benzene ring substituents is 1. The molecule has 240 valence electrons. The fourth-order valence-corrected chi connectivity index (χ4v) is 6.55. The molecule has 0 aromatic heterocycles. The fourth-order valence-electron chi connectivity index (χ4n) is 6.55. The number of benzene rings is 3. The zero-order valence-corrected chi connectivity index (χ0v) is 25.5. The standard InChI is InChI=1S/C34H37N5O7/c1-22-9-7-15-26(19-22)35-34(44)38-18-17-37(33(43)30(24-12-5-6-13-24)23-10-3-2-4-11-23)32(38)31(42)36-28(21-29(40)41)25-14-8-16-27(20-25)39(45)46/h2-4,7-11,14-16,19-20,24,28,30,32H,5-6,12-13,17-18,21H2,1H3,(H,35,44)(H,36,42)(H,40,41). The van der Waals surface area contributed by atoms with Crippen LogP contribution in [0.2, 0.25) is 0 Å². The summed E-state index contributed by atoms with van der Waals surface area (Å²) in [5.41, 5.74) is 2.22. The molecule has 1 aliphatic carbocycles. The van der Waals surface area contributed by atoms with E-state index < -0.39 is 47.4 Å². The van der Waals surface area contributed by atoms with Crippen molar-refractivity contribution in [2.45, 2.75) is 57.2 Å². The van der Waals surface area contributed by atoms with Gasteiger partial charge in [-0.05, 0) is 54.5 Å². The van der Waals surface area contributed by atoms with Crippen LogP contribution >= 0.6 is 0 Å². The first-order valence-electron chi connectivity index (χ1n) is 15.4. The second-order valence-electron chi connectivity index (χ2n) is 11.8. The highest BCUT2D eigenvalue weighted by molar-refractivity contribution is 5.97. The molecule has 46 heavy (non-hydrogen) atoms. The molecule has 3 aromatic rings. The molecule has 1 saturated heterocycles. The van der Waals surface area contributed by atoms with Gasteiger partial charge in [-0.15, -0.1) is 0 Å². The molecule has 2 aliphatic rings. The summed E-state index contributed by atoms with van der Waals surface area (Å²) in [5, 5.41) is 26.6. The number of nitrogens with one attached hydrogen (secondary N) is 2. The lowest BCUT2D eigenvalue weighted by atomic mass is 9.83. The SMILES string of the molecule is Cc1cccc(NC(=O)N2CCN(C(=O)C(c3ccccc3)C3CCCC3)C2C(=O)NC(CC(=O)O)c2cccc([N+](=O)[O-])c2)c1. The Morgan fingerprint density at radius 2 is 1.59 bits per heavy atom. The van der Waals surface area contributed by atoms with E-state index >= 15 is 0 Å². The highest BCUT2D eigenvalue weighted by atomic mass is 16.6. The van der Waals surface area contributed by atoms with E-state index in [-0.39, 0.29) is 36.2 Å². The zero-order valence-electron chi connectivity index (χ0n) is 25.5. The van der Waals surface area contributed by atoms with E-state index in [1.165, 1.54) is 34.1 Å². The molecular formula is C34H37N5O7. The molecule has 1 saturated carbocycles. The molecule has 4 amide bonds. The monoisotopic (exact) mass is 627 g/mol. The van der Waals surface area contributed by atoms with Crippen molar-refractivity contribution in [3.8, 4) is 0 Å². The van der Waals surface area contributed by atoms with Crippen molar-refractivity contribution in [1.82, 2.24) is 15.1 Å². The maximum absolute atomic E-state index is 14.5. The highest BCUT2D eigenvalue weighted by Gasteiger charge is 2.47. The number of carbonyl (C=O) groups is 4. The lowest BCUT2D eigenvalue weighted by molar-refractivity contribution is -0.384. The number of hydrogen-bond donors (Lipinski definition) is 3. The van der Waals surface area contributed by atoms with Gasteiger partial charge in [0.2, 0.25) is 5.91 Å². The molecule has 1 heterocycles. The van der Waals surface area contributed by atoms with Crippen LogP contribution in [0.25, 0.3) is 0 Å². The number of rotatable bonds is 10. The smallest absolute Gasteiger partial charge is 0.323 e. The van der Waals surface area contributed by atoms with Gasteiger partial charge in [-0.3, -0.25) is 29.4 Å². The number of amides is 4. The van der Waals surface area contributed by atoms with Crippen molar-refractivity contribution in [2.24, 2.45) is 5.92 Å². The Bertz CT molecular complexity index is 1610. The summed E-state index contributed by atoms with van der Waals surface area (Å²) in [5.74, 6) is -2.74. The molecule has 12 nitrogen and oxygen atoms in total. The van der Waals surface area contributed by atoms with Crippen LogP contribution in [-0.4, -0.2) is 62.9 Å². The van der Waals surface area contributed by atoms with Crippen molar-refractivity contribution in [2.75, 3.05) is 18.4 Å². The van der Waals surface area contributed by atoms with Crippen LogP contribution in [0.5, 0.6) is 0 Å². The second kappa shape index (κ2) is 14.2. The minimum atomic E-state index is -1.39. The molecule has 2 fully saturated rings. The van der Waals surface area contributed by atoms with Crippen LogP contribution in [0, 0.1) is 23.0 Å². The predicted molar refractivity (Wildman–Crippen MR) is 170 cm³/mol. The maximum atomic E-state index is 14.5. The molecule has 12 heteroatoms. The molecule has 3 aromatic carbocycles. The Morgan fingerprint density at radius 3 is 2.26 bits per heavy atom. The van der Waals surface area contributed by atoms with Crippen molar-refractivity contribution in [1.29, 1.82) is 0 Å². The molecule has 3 atom stereocenters. The molecule has 0 bridgehead atoms. The van der Waals surface area contributed by atoms with Gasteiger partial charge in [0.1, 0.15) is 0 Å². The Labute approximate surface area is 266 Å². The third-order valence-electron chi connectivity index (χ3n) is 8.69. The van der Waals surface area contributed by atoms with Crippen LogP contribution in [-0.2, 0) is 14.4 Å². The number of urea groups is 1. The Morgan fingerprint density at radius 1 is 0.913 bits per heavy atom. The third-order valence-corrected chi connectivity index (χ3v) is 8.69. The third kappa shape index (κ3) is 7.33. The number of hydrogen-bond acceptors (Lipinski definition) is 6. The topological polar surface area (TPSA) is 162 Å². The molecule has 3 N–H and O–H groups in total. The average Bonchev–Trinajstić information content (AvgIpc) is 3.72. The summed E-state index contributed by atoms with van der Waals surface area (Å²) in [6.07, 6.45) is 1.76. The van der Waals surface area contributed by atoms with E-state index in [0.29, 0.717) is 5.69 Å². The first kappa shape index (κ1) is 32.1. The number of aryl methyl sites for hydroxylation is 1. The van der Waals surface area contributed by atoms with Gasteiger partial charge >= 0.3 is 12.0 Å². The average molecular weight is 628 g/mol. The van der Waals surface area contributed by atoms with Gasteiger partial charge in [-0.2, -0.15) is 0 Å². The number of carboxylic acids is 1.